The molecule has 1 atom stereocenters. The maximum absolute atomic E-state index is 13.0. The van der Waals surface area contributed by atoms with Crippen LogP contribution in [0.1, 0.15) is 27.9 Å². The van der Waals surface area contributed by atoms with Crippen LogP contribution in [0.2, 0.25) is 0 Å². The Bertz CT molecular complexity index is 522. The summed E-state index contributed by atoms with van der Waals surface area (Å²) < 4.78 is 13.0. The van der Waals surface area contributed by atoms with Crippen molar-refractivity contribution in [3.8, 4) is 0 Å². The molecule has 1 heterocycles. The molecule has 2 rings (SSSR count). The first-order chi connectivity index (χ1) is 8.06. The third kappa shape index (κ3) is 2.90. The molecule has 1 aromatic carbocycles. The lowest BCUT2D eigenvalue weighted by molar-refractivity contribution is 0.622. The highest BCUT2D eigenvalue weighted by Gasteiger charge is 2.12. The highest BCUT2D eigenvalue weighted by molar-refractivity contribution is 7.09. The Morgan fingerprint density at radius 3 is 2.76 bits per heavy atom. The zero-order valence-electron chi connectivity index (χ0n) is 9.90. The van der Waals surface area contributed by atoms with E-state index in [0.29, 0.717) is 6.42 Å². The maximum atomic E-state index is 13.0. The van der Waals surface area contributed by atoms with Gasteiger partial charge < -0.3 is 5.73 Å². The van der Waals surface area contributed by atoms with Crippen molar-refractivity contribution in [3.05, 3.63) is 51.2 Å². The van der Waals surface area contributed by atoms with E-state index < -0.39 is 0 Å². The first-order valence-electron chi connectivity index (χ1n) is 5.49. The van der Waals surface area contributed by atoms with Gasteiger partial charge in [0.05, 0.1) is 10.7 Å². The normalized spacial score (nSPS) is 12.7. The van der Waals surface area contributed by atoms with Gasteiger partial charge in [-0.2, -0.15) is 0 Å². The van der Waals surface area contributed by atoms with Gasteiger partial charge in [0.2, 0.25) is 0 Å². The van der Waals surface area contributed by atoms with Crippen LogP contribution in [0.15, 0.2) is 23.6 Å². The third-order valence-corrected chi connectivity index (χ3v) is 3.55. The van der Waals surface area contributed by atoms with Gasteiger partial charge in [0.15, 0.2) is 0 Å². The van der Waals surface area contributed by atoms with E-state index >= 15 is 0 Å². The number of nitrogens with zero attached hydrogens (tertiary/aromatic N) is 1. The predicted octanol–water partition coefficient (Wildman–Crippen LogP) is 3.14. The number of halogens is 1. The summed E-state index contributed by atoms with van der Waals surface area (Å²) >= 11 is 1.62. The van der Waals surface area contributed by atoms with Crippen molar-refractivity contribution in [1.29, 1.82) is 0 Å². The summed E-state index contributed by atoms with van der Waals surface area (Å²) in [6, 6.07) is 4.60. The SMILES string of the molecule is Cc1nc(CC(N)c2ccc(F)cc2C)cs1. The molecule has 0 amide bonds. The van der Waals surface area contributed by atoms with Crippen LogP contribution in [-0.4, -0.2) is 4.98 Å². The standard InChI is InChI=1S/C13H15FN2S/c1-8-5-10(14)3-4-12(8)13(15)6-11-7-17-9(2)16-11/h3-5,7,13H,6,15H2,1-2H3. The molecule has 1 unspecified atom stereocenters. The molecule has 0 aliphatic heterocycles. The van der Waals surface area contributed by atoms with E-state index in [0.717, 1.165) is 21.8 Å². The highest BCUT2D eigenvalue weighted by atomic mass is 32.1. The molecule has 2 aromatic rings. The van der Waals surface area contributed by atoms with Crippen LogP contribution in [0.25, 0.3) is 0 Å². The Kier molecular flexibility index (Phi) is 3.54. The first kappa shape index (κ1) is 12.2. The molecule has 0 bridgehead atoms. The van der Waals surface area contributed by atoms with Crippen molar-refractivity contribution >= 4 is 11.3 Å². The number of aryl methyl sites for hydroxylation is 2. The molecule has 0 saturated carbocycles. The first-order valence-corrected chi connectivity index (χ1v) is 6.37. The van der Waals surface area contributed by atoms with Crippen molar-refractivity contribution in [2.24, 2.45) is 5.73 Å². The molecule has 2 nitrogen and oxygen atoms in total. The second-order valence-corrected chi connectivity index (χ2v) is 5.23. The fraction of sp³-hybridized carbons (Fsp3) is 0.308. The van der Waals surface area contributed by atoms with E-state index in [1.807, 2.05) is 19.2 Å². The van der Waals surface area contributed by atoms with Gasteiger partial charge in [0, 0.05) is 17.8 Å². The van der Waals surface area contributed by atoms with Gasteiger partial charge in [-0.15, -0.1) is 11.3 Å². The molecule has 0 aliphatic rings. The van der Waals surface area contributed by atoms with E-state index in [-0.39, 0.29) is 11.9 Å². The van der Waals surface area contributed by atoms with Crippen molar-refractivity contribution in [3.63, 3.8) is 0 Å². The van der Waals surface area contributed by atoms with Gasteiger partial charge in [0.25, 0.3) is 0 Å². The molecular formula is C13H15FN2S. The van der Waals surface area contributed by atoms with Crippen LogP contribution in [0, 0.1) is 19.7 Å². The monoisotopic (exact) mass is 250 g/mol. The van der Waals surface area contributed by atoms with Gasteiger partial charge in [-0.25, -0.2) is 9.37 Å². The van der Waals surface area contributed by atoms with Crippen LogP contribution in [-0.2, 0) is 6.42 Å². The van der Waals surface area contributed by atoms with E-state index in [9.17, 15) is 4.39 Å². The van der Waals surface area contributed by atoms with Crippen LogP contribution in [0.5, 0.6) is 0 Å². The molecule has 0 saturated heterocycles. The second-order valence-electron chi connectivity index (χ2n) is 4.17. The summed E-state index contributed by atoms with van der Waals surface area (Å²) in [6.07, 6.45) is 0.691. The minimum Gasteiger partial charge on any atom is -0.324 e. The van der Waals surface area contributed by atoms with Gasteiger partial charge in [-0.05, 0) is 37.1 Å². The molecule has 0 spiro atoms. The minimum atomic E-state index is -0.219. The van der Waals surface area contributed by atoms with Crippen LogP contribution >= 0.6 is 11.3 Å². The van der Waals surface area contributed by atoms with Crippen LogP contribution in [0.3, 0.4) is 0 Å². The summed E-state index contributed by atoms with van der Waals surface area (Å²) in [7, 11) is 0. The average molecular weight is 250 g/mol. The number of nitrogens with two attached hydrogens (primary N) is 1. The van der Waals surface area contributed by atoms with Crippen molar-refractivity contribution in [2.45, 2.75) is 26.3 Å². The van der Waals surface area contributed by atoms with Crippen molar-refractivity contribution < 1.29 is 4.39 Å². The number of rotatable bonds is 3. The molecule has 4 heteroatoms. The molecule has 0 fully saturated rings. The average Bonchev–Trinajstić information content (AvgIpc) is 2.63. The summed E-state index contributed by atoms with van der Waals surface area (Å²) in [4.78, 5) is 4.39. The van der Waals surface area contributed by atoms with E-state index in [1.54, 1.807) is 17.4 Å². The van der Waals surface area contributed by atoms with E-state index in [1.165, 1.54) is 12.1 Å². The zero-order chi connectivity index (χ0) is 12.4. The Labute approximate surface area is 104 Å². The third-order valence-electron chi connectivity index (χ3n) is 2.73. The number of hydrogen-bond donors (Lipinski definition) is 1. The predicted molar refractivity (Wildman–Crippen MR) is 68.6 cm³/mol. The number of benzene rings is 1. The Morgan fingerprint density at radius 2 is 2.18 bits per heavy atom. The summed E-state index contributed by atoms with van der Waals surface area (Å²) in [5.41, 5.74) is 9.01. The fourth-order valence-electron chi connectivity index (χ4n) is 1.89. The number of hydrogen-bond acceptors (Lipinski definition) is 3. The van der Waals surface area contributed by atoms with Gasteiger partial charge >= 0.3 is 0 Å². The van der Waals surface area contributed by atoms with Crippen LogP contribution < -0.4 is 5.73 Å². The quantitative estimate of drug-likeness (QED) is 0.909. The Balaban J connectivity index is 2.17. The van der Waals surface area contributed by atoms with Crippen LogP contribution in [0.4, 0.5) is 4.39 Å². The topological polar surface area (TPSA) is 38.9 Å². The Morgan fingerprint density at radius 1 is 1.41 bits per heavy atom. The lowest BCUT2D eigenvalue weighted by Gasteiger charge is -2.13. The smallest absolute Gasteiger partial charge is 0.123 e. The highest BCUT2D eigenvalue weighted by Crippen LogP contribution is 2.21. The van der Waals surface area contributed by atoms with Gasteiger partial charge in [-0.3, -0.25) is 0 Å². The van der Waals surface area contributed by atoms with Gasteiger partial charge in [-0.1, -0.05) is 6.07 Å². The molecule has 0 aliphatic carbocycles. The molecule has 17 heavy (non-hydrogen) atoms. The lowest BCUT2D eigenvalue weighted by Crippen LogP contribution is -2.15. The number of thiazole rings is 1. The lowest BCUT2D eigenvalue weighted by atomic mass is 9.98. The zero-order valence-corrected chi connectivity index (χ0v) is 10.7. The summed E-state index contributed by atoms with van der Waals surface area (Å²) in [5.74, 6) is -0.219. The molecule has 1 aromatic heterocycles. The van der Waals surface area contributed by atoms with E-state index in [2.05, 4.69) is 4.98 Å². The van der Waals surface area contributed by atoms with Crippen molar-refractivity contribution in [2.75, 3.05) is 0 Å². The van der Waals surface area contributed by atoms with E-state index in [4.69, 9.17) is 5.73 Å². The molecular weight excluding hydrogens is 235 g/mol. The summed E-state index contributed by atoms with van der Waals surface area (Å²) in [6.45, 7) is 3.85. The molecule has 2 N–H and O–H groups in total. The Hall–Kier alpha value is -1.26. The van der Waals surface area contributed by atoms with Gasteiger partial charge in [0.1, 0.15) is 5.82 Å². The second kappa shape index (κ2) is 4.94. The summed E-state index contributed by atoms with van der Waals surface area (Å²) in [5, 5.41) is 3.07. The maximum Gasteiger partial charge on any atom is 0.123 e. The largest absolute Gasteiger partial charge is 0.324 e. The fourth-order valence-corrected chi connectivity index (χ4v) is 2.52. The molecule has 90 valence electrons. The minimum absolute atomic E-state index is 0.128. The molecule has 0 radical (unpaired) electrons. The number of aromatic nitrogens is 1. The van der Waals surface area contributed by atoms with Crippen molar-refractivity contribution in [1.82, 2.24) is 4.98 Å².